The molecule has 1 aromatic carbocycles. The lowest BCUT2D eigenvalue weighted by molar-refractivity contribution is -0.140. The Morgan fingerprint density at radius 1 is 1.25 bits per heavy atom. The quantitative estimate of drug-likeness (QED) is 0.886. The number of carbonyl (C=O) groups excluding carboxylic acids is 1. The first-order valence-electron chi connectivity index (χ1n) is 7.19. The van der Waals surface area contributed by atoms with Crippen LogP contribution in [0, 0.1) is 17.8 Å². The minimum Gasteiger partial charge on any atom is -0.481 e. The molecule has 0 aromatic heterocycles. The molecule has 3 rings (SSSR count). The Morgan fingerprint density at radius 2 is 2.00 bits per heavy atom. The number of hydrogen-bond donors (Lipinski definition) is 2. The van der Waals surface area contributed by atoms with Gasteiger partial charge in [0.05, 0.1) is 17.9 Å². The van der Waals surface area contributed by atoms with Crippen molar-refractivity contribution in [1.29, 1.82) is 0 Å². The fraction of sp³-hybridized carbons (Fsp3) is 0.500. The molecule has 106 valence electrons. The van der Waals surface area contributed by atoms with Gasteiger partial charge in [0.15, 0.2) is 0 Å². The molecule has 0 aliphatic heterocycles. The smallest absolute Gasteiger partial charge is 0.307 e. The molecule has 4 unspecified atom stereocenters. The van der Waals surface area contributed by atoms with Crippen molar-refractivity contribution in [3.05, 3.63) is 35.4 Å². The number of aryl methyl sites for hydroxylation is 1. The number of carbonyl (C=O) groups is 2. The molecule has 0 heterocycles. The third-order valence-electron chi connectivity index (χ3n) is 4.57. The monoisotopic (exact) mass is 273 g/mol. The van der Waals surface area contributed by atoms with Crippen LogP contribution in [0.15, 0.2) is 24.3 Å². The van der Waals surface area contributed by atoms with Crippen molar-refractivity contribution < 1.29 is 14.7 Å². The number of hydrogen-bond acceptors (Lipinski definition) is 2. The van der Waals surface area contributed by atoms with E-state index in [0.29, 0.717) is 12.3 Å². The number of amides is 1. The van der Waals surface area contributed by atoms with Crippen molar-refractivity contribution >= 4 is 11.9 Å². The summed E-state index contributed by atoms with van der Waals surface area (Å²) in [6, 6.07) is 8.21. The van der Waals surface area contributed by atoms with E-state index in [1.807, 2.05) is 12.1 Å². The highest BCUT2D eigenvalue weighted by atomic mass is 16.4. The average molecular weight is 273 g/mol. The van der Waals surface area contributed by atoms with Gasteiger partial charge in [0, 0.05) is 0 Å². The maximum atomic E-state index is 12.2. The van der Waals surface area contributed by atoms with Crippen LogP contribution in [0.25, 0.3) is 0 Å². The molecule has 4 nitrogen and oxygen atoms in total. The van der Waals surface area contributed by atoms with Gasteiger partial charge in [-0.2, -0.15) is 0 Å². The van der Waals surface area contributed by atoms with E-state index in [1.54, 1.807) is 0 Å². The molecular formula is C16H19NO3. The van der Waals surface area contributed by atoms with Crippen molar-refractivity contribution in [2.45, 2.75) is 32.2 Å². The highest BCUT2D eigenvalue weighted by Crippen LogP contribution is 2.40. The molecule has 0 bridgehead atoms. The zero-order valence-electron chi connectivity index (χ0n) is 11.5. The third-order valence-corrected chi connectivity index (χ3v) is 4.57. The number of carboxylic acids is 1. The maximum absolute atomic E-state index is 12.2. The minimum atomic E-state index is -0.859. The predicted molar refractivity (Wildman–Crippen MR) is 74.0 cm³/mol. The summed E-state index contributed by atoms with van der Waals surface area (Å²) in [5.74, 6) is -1.40. The molecule has 0 saturated heterocycles. The van der Waals surface area contributed by atoms with Gasteiger partial charge in [-0.15, -0.1) is 0 Å². The average Bonchev–Trinajstić information content (AvgIpc) is 3.22. The summed E-state index contributed by atoms with van der Waals surface area (Å²) in [5.41, 5.74) is 2.48. The van der Waals surface area contributed by atoms with Crippen LogP contribution < -0.4 is 5.32 Å². The molecule has 1 aromatic rings. The van der Waals surface area contributed by atoms with Crippen LogP contribution in [-0.4, -0.2) is 17.0 Å². The third kappa shape index (κ3) is 2.30. The molecule has 0 radical (unpaired) electrons. The van der Waals surface area contributed by atoms with Gasteiger partial charge < -0.3 is 10.4 Å². The lowest BCUT2D eigenvalue weighted by Gasteiger charge is -2.32. The standard InChI is InChI=1S/C16H19NO3/c1-9-6-7-10-4-2-3-5-11(10)14(9)17-15(18)12-8-13(12)16(19)20/h2-5,9,12-14H,6-8H2,1H3,(H,17,18)(H,19,20). The first-order valence-corrected chi connectivity index (χ1v) is 7.19. The molecule has 20 heavy (non-hydrogen) atoms. The van der Waals surface area contributed by atoms with Gasteiger partial charge in [-0.25, -0.2) is 0 Å². The topological polar surface area (TPSA) is 66.4 Å². The largest absolute Gasteiger partial charge is 0.481 e. The second-order valence-electron chi connectivity index (χ2n) is 5.99. The highest BCUT2D eigenvalue weighted by molar-refractivity contribution is 5.89. The SMILES string of the molecule is CC1CCc2ccccc2C1NC(=O)C1CC1C(=O)O. The molecule has 1 fully saturated rings. The van der Waals surface area contributed by atoms with E-state index >= 15 is 0 Å². The van der Waals surface area contributed by atoms with Gasteiger partial charge in [0.2, 0.25) is 5.91 Å². The van der Waals surface area contributed by atoms with Crippen LogP contribution in [0.4, 0.5) is 0 Å². The molecule has 1 amide bonds. The van der Waals surface area contributed by atoms with Crippen molar-refractivity contribution in [3.63, 3.8) is 0 Å². The zero-order chi connectivity index (χ0) is 14.3. The van der Waals surface area contributed by atoms with Gasteiger partial charge in [-0.3, -0.25) is 9.59 Å². The summed E-state index contributed by atoms with van der Waals surface area (Å²) in [6.45, 7) is 2.14. The second kappa shape index (κ2) is 4.93. The fourth-order valence-electron chi connectivity index (χ4n) is 3.16. The summed E-state index contributed by atoms with van der Waals surface area (Å²) in [6.07, 6.45) is 2.57. The van der Waals surface area contributed by atoms with Gasteiger partial charge in [0.25, 0.3) is 0 Å². The van der Waals surface area contributed by atoms with Crippen molar-refractivity contribution in [2.75, 3.05) is 0 Å². The first kappa shape index (κ1) is 13.2. The van der Waals surface area contributed by atoms with Crippen molar-refractivity contribution in [2.24, 2.45) is 17.8 Å². The molecule has 4 atom stereocenters. The van der Waals surface area contributed by atoms with Gasteiger partial charge in [0.1, 0.15) is 0 Å². The van der Waals surface area contributed by atoms with E-state index in [9.17, 15) is 9.59 Å². The van der Waals surface area contributed by atoms with Crippen molar-refractivity contribution in [3.8, 4) is 0 Å². The summed E-state index contributed by atoms with van der Waals surface area (Å²) >= 11 is 0. The number of nitrogens with one attached hydrogen (secondary N) is 1. The van der Waals surface area contributed by atoms with Crippen LogP contribution in [-0.2, 0) is 16.0 Å². The Hall–Kier alpha value is -1.84. The Morgan fingerprint density at radius 3 is 2.70 bits per heavy atom. The molecular weight excluding hydrogens is 254 g/mol. The van der Waals surface area contributed by atoms with E-state index in [2.05, 4.69) is 24.4 Å². The summed E-state index contributed by atoms with van der Waals surface area (Å²) in [5, 5.41) is 12.0. The van der Waals surface area contributed by atoms with Gasteiger partial charge >= 0.3 is 5.97 Å². The van der Waals surface area contributed by atoms with Crippen molar-refractivity contribution in [1.82, 2.24) is 5.32 Å². The van der Waals surface area contributed by atoms with E-state index in [4.69, 9.17) is 5.11 Å². The lowest BCUT2D eigenvalue weighted by atomic mass is 9.80. The molecule has 0 spiro atoms. The number of rotatable bonds is 3. The maximum Gasteiger partial charge on any atom is 0.307 e. The van der Waals surface area contributed by atoms with Gasteiger partial charge in [-0.1, -0.05) is 31.2 Å². The summed E-state index contributed by atoms with van der Waals surface area (Å²) < 4.78 is 0. The normalized spacial score (nSPS) is 31.2. The van der Waals surface area contributed by atoms with E-state index < -0.39 is 11.9 Å². The Balaban J connectivity index is 1.74. The molecule has 2 aliphatic carbocycles. The second-order valence-corrected chi connectivity index (χ2v) is 5.99. The molecule has 1 saturated carbocycles. The number of aliphatic carboxylic acids is 1. The molecule has 2 N–H and O–H groups in total. The fourth-order valence-corrected chi connectivity index (χ4v) is 3.16. The van der Waals surface area contributed by atoms with Gasteiger partial charge in [-0.05, 0) is 36.3 Å². The minimum absolute atomic E-state index is 0.0162. The Kier molecular flexibility index (Phi) is 3.24. The predicted octanol–water partition coefficient (Wildman–Crippen LogP) is 2.15. The Labute approximate surface area is 118 Å². The highest BCUT2D eigenvalue weighted by Gasteiger charge is 2.49. The molecule has 4 heteroatoms. The van der Waals surface area contributed by atoms with Crippen LogP contribution in [0.3, 0.4) is 0 Å². The van der Waals surface area contributed by atoms with Crippen LogP contribution in [0.5, 0.6) is 0 Å². The van der Waals surface area contributed by atoms with Crippen LogP contribution in [0.1, 0.15) is 36.9 Å². The van der Waals surface area contributed by atoms with Crippen LogP contribution >= 0.6 is 0 Å². The Bertz CT molecular complexity index is 554. The van der Waals surface area contributed by atoms with E-state index in [0.717, 1.165) is 12.8 Å². The molecule has 2 aliphatic rings. The lowest BCUT2D eigenvalue weighted by Crippen LogP contribution is -2.36. The number of fused-ring (bicyclic) bond motifs is 1. The van der Waals surface area contributed by atoms with Crippen LogP contribution in [0.2, 0.25) is 0 Å². The first-order chi connectivity index (χ1) is 9.58. The zero-order valence-corrected chi connectivity index (χ0v) is 11.5. The number of benzene rings is 1. The van der Waals surface area contributed by atoms with E-state index in [1.165, 1.54) is 11.1 Å². The summed E-state index contributed by atoms with van der Waals surface area (Å²) in [4.78, 5) is 23.0. The van der Waals surface area contributed by atoms with E-state index in [-0.39, 0.29) is 17.9 Å². The summed E-state index contributed by atoms with van der Waals surface area (Å²) in [7, 11) is 0. The number of carboxylic acid groups (broad SMARTS) is 1.